The molecular weight excluding hydrogens is 259 g/mol. The van der Waals surface area contributed by atoms with Crippen molar-refractivity contribution in [3.05, 3.63) is 29.1 Å². The fraction of sp³-hybridized carbons (Fsp3) is 0.600. The lowest BCUT2D eigenvalue weighted by Gasteiger charge is -2.28. The van der Waals surface area contributed by atoms with Crippen LogP contribution < -0.4 is 10.6 Å². The van der Waals surface area contributed by atoms with Gasteiger partial charge in [0.2, 0.25) is 0 Å². The summed E-state index contributed by atoms with van der Waals surface area (Å²) in [5, 5.41) is 0. The maximum atomic E-state index is 13.8. The zero-order valence-electron chi connectivity index (χ0n) is 12.8. The number of hydrogen-bond acceptors (Lipinski definition) is 4. The second kappa shape index (κ2) is 8.19. The van der Waals surface area contributed by atoms with Crippen LogP contribution in [-0.4, -0.2) is 40.5 Å². The van der Waals surface area contributed by atoms with E-state index in [-0.39, 0.29) is 11.9 Å². The van der Waals surface area contributed by atoms with Crippen LogP contribution in [0.25, 0.3) is 0 Å². The largest absolute Gasteiger partial charge is 0.383 e. The third kappa shape index (κ3) is 4.44. The Morgan fingerprint density at radius 2 is 1.75 bits per heavy atom. The lowest BCUT2D eigenvalue weighted by atomic mass is 10.0. The summed E-state index contributed by atoms with van der Waals surface area (Å²) in [6.07, 6.45) is 0. The van der Waals surface area contributed by atoms with Crippen molar-refractivity contribution in [2.24, 2.45) is 5.73 Å². The SMILES string of the molecule is COCCN(CCOC)c1cc(C)c(F)cc1C(C)N. The molecule has 0 aliphatic rings. The first-order chi connectivity index (χ1) is 9.51. The molecule has 5 heteroatoms. The third-order valence-corrected chi connectivity index (χ3v) is 3.27. The number of methoxy groups -OCH3 is 2. The van der Waals surface area contributed by atoms with Gasteiger partial charge in [-0.1, -0.05) is 0 Å². The molecule has 0 heterocycles. The second-order valence-electron chi connectivity index (χ2n) is 4.92. The summed E-state index contributed by atoms with van der Waals surface area (Å²) in [6, 6.07) is 3.15. The number of aryl methyl sites for hydroxylation is 1. The fourth-order valence-electron chi connectivity index (χ4n) is 2.08. The predicted octanol–water partition coefficient (Wildman–Crippen LogP) is 2.25. The quantitative estimate of drug-likeness (QED) is 0.795. The van der Waals surface area contributed by atoms with Crippen molar-refractivity contribution in [3.8, 4) is 0 Å². The zero-order valence-corrected chi connectivity index (χ0v) is 12.8. The van der Waals surface area contributed by atoms with E-state index < -0.39 is 0 Å². The van der Waals surface area contributed by atoms with Crippen molar-refractivity contribution < 1.29 is 13.9 Å². The number of nitrogens with zero attached hydrogens (tertiary/aromatic N) is 1. The predicted molar refractivity (Wildman–Crippen MR) is 79.7 cm³/mol. The van der Waals surface area contributed by atoms with Crippen LogP contribution in [0.5, 0.6) is 0 Å². The van der Waals surface area contributed by atoms with Gasteiger partial charge in [0.1, 0.15) is 5.82 Å². The van der Waals surface area contributed by atoms with E-state index in [2.05, 4.69) is 4.90 Å². The molecule has 0 amide bonds. The molecule has 20 heavy (non-hydrogen) atoms. The normalized spacial score (nSPS) is 12.5. The van der Waals surface area contributed by atoms with Gasteiger partial charge >= 0.3 is 0 Å². The molecule has 1 aromatic carbocycles. The molecule has 0 fully saturated rings. The van der Waals surface area contributed by atoms with Crippen molar-refractivity contribution >= 4 is 5.69 Å². The minimum absolute atomic E-state index is 0.223. The highest BCUT2D eigenvalue weighted by atomic mass is 19.1. The topological polar surface area (TPSA) is 47.7 Å². The Bertz CT molecular complexity index is 417. The maximum Gasteiger partial charge on any atom is 0.126 e. The minimum atomic E-state index is -0.229. The van der Waals surface area contributed by atoms with E-state index in [0.717, 1.165) is 11.3 Å². The maximum absolute atomic E-state index is 13.8. The lowest BCUT2D eigenvalue weighted by molar-refractivity contribution is 0.190. The summed E-state index contributed by atoms with van der Waals surface area (Å²) in [7, 11) is 3.33. The van der Waals surface area contributed by atoms with Crippen LogP contribution in [0.4, 0.5) is 10.1 Å². The molecule has 0 aromatic heterocycles. The van der Waals surface area contributed by atoms with E-state index in [4.69, 9.17) is 15.2 Å². The summed E-state index contributed by atoms with van der Waals surface area (Å²) in [4.78, 5) is 2.12. The first kappa shape index (κ1) is 16.9. The van der Waals surface area contributed by atoms with Crippen LogP contribution in [0.1, 0.15) is 24.1 Å². The lowest BCUT2D eigenvalue weighted by Crippen LogP contribution is -2.32. The number of benzene rings is 1. The molecule has 2 N–H and O–H groups in total. The summed E-state index contributed by atoms with van der Waals surface area (Å²) in [6.45, 7) is 6.24. The number of anilines is 1. The van der Waals surface area contributed by atoms with Gasteiger partial charge < -0.3 is 20.1 Å². The van der Waals surface area contributed by atoms with Gasteiger partial charge in [0.15, 0.2) is 0 Å². The number of rotatable bonds is 8. The third-order valence-electron chi connectivity index (χ3n) is 3.27. The van der Waals surface area contributed by atoms with Crippen LogP contribution in [0.15, 0.2) is 12.1 Å². The van der Waals surface area contributed by atoms with E-state index in [1.54, 1.807) is 21.1 Å². The molecule has 1 aromatic rings. The molecule has 0 saturated carbocycles. The van der Waals surface area contributed by atoms with Gasteiger partial charge in [0, 0.05) is 39.0 Å². The van der Waals surface area contributed by atoms with Gasteiger partial charge in [-0.15, -0.1) is 0 Å². The summed E-state index contributed by atoms with van der Waals surface area (Å²) in [5.74, 6) is -0.223. The molecule has 0 aliphatic heterocycles. The van der Waals surface area contributed by atoms with Crippen LogP contribution in [0, 0.1) is 12.7 Å². The standard InChI is InChI=1S/C15H25FN2O2/c1-11-9-15(13(12(2)17)10-14(11)16)18(5-7-19-3)6-8-20-4/h9-10,12H,5-8,17H2,1-4H3. The Kier molecular flexibility index (Phi) is 6.91. The number of ether oxygens (including phenoxy) is 2. The first-order valence-electron chi connectivity index (χ1n) is 6.79. The van der Waals surface area contributed by atoms with E-state index in [1.807, 2.05) is 13.0 Å². The van der Waals surface area contributed by atoms with Crippen molar-refractivity contribution in [1.82, 2.24) is 0 Å². The molecule has 4 nitrogen and oxygen atoms in total. The molecular formula is C15H25FN2O2. The van der Waals surface area contributed by atoms with Crippen LogP contribution in [0.2, 0.25) is 0 Å². The molecule has 0 radical (unpaired) electrons. The second-order valence-corrected chi connectivity index (χ2v) is 4.92. The van der Waals surface area contributed by atoms with Crippen molar-refractivity contribution in [1.29, 1.82) is 0 Å². The molecule has 1 unspecified atom stereocenters. The van der Waals surface area contributed by atoms with Crippen LogP contribution in [0.3, 0.4) is 0 Å². The Morgan fingerprint density at radius 3 is 2.20 bits per heavy atom. The Morgan fingerprint density at radius 1 is 1.20 bits per heavy atom. The Balaban J connectivity index is 3.11. The van der Waals surface area contributed by atoms with Gasteiger partial charge in [-0.3, -0.25) is 0 Å². The Hall–Kier alpha value is -1.17. The monoisotopic (exact) mass is 284 g/mol. The molecule has 1 atom stereocenters. The van der Waals surface area contributed by atoms with Crippen molar-refractivity contribution in [2.75, 3.05) is 45.4 Å². The summed E-state index contributed by atoms with van der Waals surface area (Å²) in [5.41, 5.74) is 8.35. The summed E-state index contributed by atoms with van der Waals surface area (Å²) < 4.78 is 24.0. The van der Waals surface area contributed by atoms with Crippen molar-refractivity contribution in [2.45, 2.75) is 19.9 Å². The fourth-order valence-corrected chi connectivity index (χ4v) is 2.08. The molecule has 0 bridgehead atoms. The van der Waals surface area contributed by atoms with E-state index in [1.165, 1.54) is 6.07 Å². The van der Waals surface area contributed by atoms with E-state index in [0.29, 0.717) is 31.9 Å². The molecule has 0 aliphatic carbocycles. The first-order valence-corrected chi connectivity index (χ1v) is 6.79. The average molecular weight is 284 g/mol. The van der Waals surface area contributed by atoms with Gasteiger partial charge in [-0.25, -0.2) is 4.39 Å². The zero-order chi connectivity index (χ0) is 15.1. The Labute approximate surface area is 120 Å². The highest BCUT2D eigenvalue weighted by Gasteiger charge is 2.16. The van der Waals surface area contributed by atoms with Gasteiger partial charge in [0.05, 0.1) is 13.2 Å². The minimum Gasteiger partial charge on any atom is -0.383 e. The summed E-state index contributed by atoms with van der Waals surface area (Å²) >= 11 is 0. The smallest absolute Gasteiger partial charge is 0.126 e. The average Bonchev–Trinajstić information content (AvgIpc) is 2.41. The number of nitrogens with two attached hydrogens (primary N) is 1. The molecule has 114 valence electrons. The van der Waals surface area contributed by atoms with Crippen LogP contribution >= 0.6 is 0 Å². The molecule has 1 rings (SSSR count). The number of halogens is 1. The van der Waals surface area contributed by atoms with Crippen molar-refractivity contribution in [3.63, 3.8) is 0 Å². The van der Waals surface area contributed by atoms with Crippen LogP contribution in [-0.2, 0) is 9.47 Å². The van der Waals surface area contributed by atoms with Gasteiger partial charge in [-0.05, 0) is 37.1 Å². The van der Waals surface area contributed by atoms with E-state index in [9.17, 15) is 4.39 Å². The highest BCUT2D eigenvalue weighted by Crippen LogP contribution is 2.28. The number of hydrogen-bond donors (Lipinski definition) is 1. The molecule has 0 saturated heterocycles. The van der Waals surface area contributed by atoms with E-state index >= 15 is 0 Å². The molecule has 0 spiro atoms. The van der Waals surface area contributed by atoms with Gasteiger partial charge in [-0.2, -0.15) is 0 Å². The van der Waals surface area contributed by atoms with Gasteiger partial charge in [0.25, 0.3) is 0 Å². The highest BCUT2D eigenvalue weighted by molar-refractivity contribution is 5.57.